The zero-order valence-electron chi connectivity index (χ0n) is 22.9. The number of amides is 1. The first-order valence-electron chi connectivity index (χ1n) is 13.2. The highest BCUT2D eigenvalue weighted by Gasteiger charge is 2.28. The van der Waals surface area contributed by atoms with E-state index in [2.05, 4.69) is 45.2 Å². The third-order valence-corrected chi connectivity index (χ3v) is 9.63. The molecule has 4 rings (SSSR count). The Hall–Kier alpha value is -3.04. The molecule has 9 heteroatoms. The van der Waals surface area contributed by atoms with Crippen LogP contribution in [0.25, 0.3) is 0 Å². The average molecular weight is 615 g/mol. The lowest BCUT2D eigenvalue weighted by Gasteiger charge is -2.32. The van der Waals surface area contributed by atoms with Crippen molar-refractivity contribution in [1.29, 1.82) is 0 Å². The second kappa shape index (κ2) is 12.4. The number of carbonyl (C=O) groups excluding carboxylic acids is 1. The van der Waals surface area contributed by atoms with Gasteiger partial charge in [-0.05, 0) is 96.6 Å². The standard InChI is InChI=1S/C30H36BrN3O4S/c1-21-5-9-26(10-6-21)34(39(36,37)27-13-14-29(38-4)28(31)19-27)20-30(35)32-23(3)24-7-11-25(12-8-24)33-17-15-22(2)16-18-33/h5-14,19,22-23H,15-18,20H2,1-4H3,(H,32,35). The summed E-state index contributed by atoms with van der Waals surface area (Å²) >= 11 is 3.37. The third kappa shape index (κ3) is 6.94. The molecule has 39 heavy (non-hydrogen) atoms. The monoisotopic (exact) mass is 613 g/mol. The Balaban J connectivity index is 1.51. The van der Waals surface area contributed by atoms with Gasteiger partial charge in [-0.15, -0.1) is 0 Å². The number of hydrogen-bond donors (Lipinski definition) is 1. The number of ether oxygens (including phenoxy) is 1. The van der Waals surface area contributed by atoms with Gasteiger partial charge >= 0.3 is 0 Å². The Kier molecular flexibility index (Phi) is 9.23. The molecule has 3 aromatic rings. The van der Waals surface area contributed by atoms with Crippen LogP contribution in [0.5, 0.6) is 5.75 Å². The SMILES string of the molecule is COc1ccc(S(=O)(=O)N(CC(=O)NC(C)c2ccc(N3CCC(C)CC3)cc2)c2ccc(C)cc2)cc1Br. The number of nitrogens with one attached hydrogen (secondary N) is 1. The van der Waals surface area contributed by atoms with Gasteiger partial charge in [-0.3, -0.25) is 9.10 Å². The normalized spacial score (nSPS) is 15.1. The van der Waals surface area contributed by atoms with E-state index >= 15 is 0 Å². The molecule has 0 saturated carbocycles. The van der Waals surface area contributed by atoms with E-state index in [0.717, 1.165) is 34.4 Å². The highest BCUT2D eigenvalue weighted by atomic mass is 79.9. The Labute approximate surface area is 240 Å². The minimum atomic E-state index is -4.05. The fourth-order valence-corrected chi connectivity index (χ4v) is 6.84. The zero-order chi connectivity index (χ0) is 28.2. The molecule has 3 aromatic carbocycles. The Morgan fingerprint density at radius 2 is 1.72 bits per heavy atom. The van der Waals surface area contributed by atoms with Gasteiger partial charge in [0.2, 0.25) is 5.91 Å². The molecule has 0 bridgehead atoms. The molecule has 1 saturated heterocycles. The molecular formula is C30H36BrN3O4S. The second-order valence-corrected chi connectivity index (χ2v) is 12.9. The molecule has 1 fully saturated rings. The fourth-order valence-electron chi connectivity index (χ4n) is 4.70. The van der Waals surface area contributed by atoms with E-state index in [1.807, 2.05) is 38.1 Å². The van der Waals surface area contributed by atoms with Crippen molar-refractivity contribution in [2.45, 2.75) is 44.6 Å². The van der Waals surface area contributed by atoms with Gasteiger partial charge in [-0.25, -0.2) is 8.42 Å². The van der Waals surface area contributed by atoms with Crippen molar-refractivity contribution in [2.75, 3.05) is 35.9 Å². The number of methoxy groups -OCH3 is 1. The lowest BCUT2D eigenvalue weighted by Crippen LogP contribution is -2.41. The fraction of sp³-hybridized carbons (Fsp3) is 0.367. The predicted octanol–water partition coefficient (Wildman–Crippen LogP) is 6.08. The molecule has 1 unspecified atom stereocenters. The van der Waals surface area contributed by atoms with Crippen LogP contribution < -0.4 is 19.3 Å². The Morgan fingerprint density at radius 1 is 1.08 bits per heavy atom. The summed E-state index contributed by atoms with van der Waals surface area (Å²) < 4.78 is 34.4. The lowest BCUT2D eigenvalue weighted by molar-refractivity contribution is -0.120. The first kappa shape index (κ1) is 29.0. The van der Waals surface area contributed by atoms with Gasteiger partial charge in [-0.1, -0.05) is 36.8 Å². The van der Waals surface area contributed by atoms with Crippen molar-refractivity contribution >= 4 is 43.2 Å². The van der Waals surface area contributed by atoms with Gasteiger partial charge in [-0.2, -0.15) is 0 Å². The summed E-state index contributed by atoms with van der Waals surface area (Å²) in [7, 11) is -2.54. The molecule has 0 spiro atoms. The third-order valence-electron chi connectivity index (χ3n) is 7.24. The minimum absolute atomic E-state index is 0.0549. The van der Waals surface area contributed by atoms with Crippen molar-refractivity contribution in [3.63, 3.8) is 0 Å². The number of rotatable bonds is 9. The van der Waals surface area contributed by atoms with E-state index in [1.165, 1.54) is 37.8 Å². The van der Waals surface area contributed by atoms with E-state index in [9.17, 15) is 13.2 Å². The number of piperidine rings is 1. The summed E-state index contributed by atoms with van der Waals surface area (Å²) in [5.74, 6) is 0.891. The molecular weight excluding hydrogens is 578 g/mol. The number of anilines is 2. The molecule has 1 N–H and O–H groups in total. The highest BCUT2D eigenvalue weighted by molar-refractivity contribution is 9.10. The maximum absolute atomic E-state index is 13.7. The average Bonchev–Trinajstić information content (AvgIpc) is 2.92. The number of sulfonamides is 1. The van der Waals surface area contributed by atoms with E-state index in [-0.39, 0.29) is 17.5 Å². The first-order chi connectivity index (χ1) is 18.6. The maximum Gasteiger partial charge on any atom is 0.264 e. The van der Waals surface area contributed by atoms with Crippen LogP contribution in [0, 0.1) is 12.8 Å². The van der Waals surface area contributed by atoms with Crippen LogP contribution >= 0.6 is 15.9 Å². The first-order valence-corrected chi connectivity index (χ1v) is 15.4. The Bertz CT molecular complexity index is 1390. The molecule has 0 aliphatic carbocycles. The molecule has 1 amide bonds. The summed E-state index contributed by atoms with van der Waals surface area (Å²) in [6.07, 6.45) is 2.39. The number of benzene rings is 3. The van der Waals surface area contributed by atoms with Crippen LogP contribution in [0.1, 0.15) is 43.9 Å². The van der Waals surface area contributed by atoms with Crippen molar-refractivity contribution in [3.8, 4) is 5.75 Å². The predicted molar refractivity (Wildman–Crippen MR) is 160 cm³/mol. The summed E-state index contributed by atoms with van der Waals surface area (Å²) in [4.78, 5) is 15.7. The zero-order valence-corrected chi connectivity index (χ0v) is 25.3. The number of aryl methyl sites for hydroxylation is 1. The van der Waals surface area contributed by atoms with Crippen molar-refractivity contribution < 1.29 is 17.9 Å². The molecule has 0 aromatic heterocycles. The maximum atomic E-state index is 13.7. The topological polar surface area (TPSA) is 79.0 Å². The van der Waals surface area contributed by atoms with Gasteiger partial charge in [0.25, 0.3) is 10.0 Å². The van der Waals surface area contributed by atoms with Gasteiger partial charge < -0.3 is 15.0 Å². The van der Waals surface area contributed by atoms with E-state index < -0.39 is 15.9 Å². The van der Waals surface area contributed by atoms with Gasteiger partial charge in [0.15, 0.2) is 0 Å². The Morgan fingerprint density at radius 3 is 2.31 bits per heavy atom. The van der Waals surface area contributed by atoms with Crippen molar-refractivity contribution in [1.82, 2.24) is 5.32 Å². The lowest BCUT2D eigenvalue weighted by atomic mass is 9.98. The summed E-state index contributed by atoms with van der Waals surface area (Å²) in [5, 5.41) is 2.98. The smallest absolute Gasteiger partial charge is 0.264 e. The van der Waals surface area contributed by atoms with Crippen LogP contribution in [-0.4, -0.2) is 41.1 Å². The molecule has 208 valence electrons. The number of nitrogens with zero attached hydrogens (tertiary/aromatic N) is 2. The van der Waals surface area contributed by atoms with Gasteiger partial charge in [0.1, 0.15) is 12.3 Å². The highest BCUT2D eigenvalue weighted by Crippen LogP contribution is 2.31. The summed E-state index contributed by atoms with van der Waals surface area (Å²) in [5.41, 5.74) is 3.55. The molecule has 1 aliphatic heterocycles. The second-order valence-electron chi connectivity index (χ2n) is 10.2. The minimum Gasteiger partial charge on any atom is -0.496 e. The van der Waals surface area contributed by atoms with Gasteiger partial charge in [0, 0.05) is 18.8 Å². The van der Waals surface area contributed by atoms with E-state index in [1.54, 1.807) is 18.2 Å². The number of carbonyl (C=O) groups is 1. The molecule has 7 nitrogen and oxygen atoms in total. The van der Waals surface area contributed by atoms with Crippen LogP contribution in [0.4, 0.5) is 11.4 Å². The van der Waals surface area contributed by atoms with E-state index in [4.69, 9.17) is 4.74 Å². The quantitative estimate of drug-likeness (QED) is 0.317. The summed E-state index contributed by atoms with van der Waals surface area (Å²) in [6.45, 7) is 7.88. The number of hydrogen-bond acceptors (Lipinski definition) is 5. The molecule has 1 heterocycles. The van der Waals surface area contributed by atoms with Crippen LogP contribution in [0.3, 0.4) is 0 Å². The molecule has 1 atom stereocenters. The van der Waals surface area contributed by atoms with Crippen LogP contribution in [0.2, 0.25) is 0 Å². The van der Waals surface area contributed by atoms with E-state index in [0.29, 0.717) is 15.9 Å². The van der Waals surface area contributed by atoms with Gasteiger partial charge in [0.05, 0.1) is 28.2 Å². The largest absolute Gasteiger partial charge is 0.496 e. The van der Waals surface area contributed by atoms with Crippen molar-refractivity contribution in [3.05, 3.63) is 82.3 Å². The van der Waals surface area contributed by atoms with Crippen molar-refractivity contribution in [2.24, 2.45) is 5.92 Å². The molecule has 1 aliphatic rings. The summed E-state index contributed by atoms with van der Waals surface area (Å²) in [6, 6.07) is 19.6. The van der Waals surface area contributed by atoms with Crippen LogP contribution in [-0.2, 0) is 14.8 Å². The van der Waals surface area contributed by atoms with Crippen LogP contribution in [0.15, 0.2) is 76.1 Å². The number of halogens is 1. The molecule has 0 radical (unpaired) electrons.